The second-order valence-electron chi connectivity index (χ2n) is 4.64. The van der Waals surface area contributed by atoms with Gasteiger partial charge in [0, 0.05) is 10.6 Å². The molecule has 0 aliphatic rings. The third-order valence-electron chi connectivity index (χ3n) is 2.97. The Morgan fingerprint density at radius 2 is 2.15 bits per heavy atom. The van der Waals surface area contributed by atoms with Crippen molar-refractivity contribution in [1.82, 2.24) is 15.2 Å². The molecule has 1 aromatic heterocycles. The normalized spacial score (nSPS) is 13.8. The van der Waals surface area contributed by atoms with Crippen LogP contribution >= 0.6 is 11.8 Å². The number of hydrogen-bond donors (Lipinski definition) is 3. The quantitative estimate of drug-likeness (QED) is 0.783. The minimum Gasteiger partial charge on any atom is -0.325 e. The van der Waals surface area contributed by atoms with Gasteiger partial charge in [0.05, 0.1) is 5.54 Å². The lowest BCUT2D eigenvalue weighted by Crippen LogP contribution is -2.47. The molecule has 1 heterocycles. The van der Waals surface area contributed by atoms with Crippen molar-refractivity contribution in [2.45, 2.75) is 35.9 Å². The van der Waals surface area contributed by atoms with E-state index in [1.165, 1.54) is 18.1 Å². The molecule has 106 valence electrons. The van der Waals surface area contributed by atoms with Crippen molar-refractivity contribution in [3.63, 3.8) is 0 Å². The number of benzene rings is 1. The third-order valence-corrected chi connectivity index (χ3v) is 3.87. The monoisotopic (exact) mass is 291 g/mol. The molecule has 2 aromatic rings. The average molecular weight is 291 g/mol. The van der Waals surface area contributed by atoms with Gasteiger partial charge in [0.25, 0.3) is 0 Å². The number of amides is 1. The van der Waals surface area contributed by atoms with E-state index in [0.29, 0.717) is 6.42 Å². The van der Waals surface area contributed by atoms with Crippen LogP contribution < -0.4 is 11.1 Å². The molecule has 1 atom stereocenters. The smallest absolute Gasteiger partial charge is 0.244 e. The Kier molecular flexibility index (Phi) is 4.41. The van der Waals surface area contributed by atoms with Gasteiger partial charge in [-0.3, -0.25) is 9.89 Å². The van der Waals surface area contributed by atoms with Crippen molar-refractivity contribution in [2.75, 3.05) is 5.32 Å². The minimum absolute atomic E-state index is 0.185. The van der Waals surface area contributed by atoms with Crippen molar-refractivity contribution >= 4 is 23.4 Å². The Morgan fingerprint density at radius 1 is 1.45 bits per heavy atom. The highest BCUT2D eigenvalue weighted by atomic mass is 32.2. The molecule has 0 aliphatic carbocycles. The highest BCUT2D eigenvalue weighted by Crippen LogP contribution is 2.25. The zero-order chi connectivity index (χ0) is 14.6. The van der Waals surface area contributed by atoms with Crippen molar-refractivity contribution in [1.29, 1.82) is 0 Å². The van der Waals surface area contributed by atoms with E-state index in [9.17, 15) is 4.79 Å². The second kappa shape index (κ2) is 6.06. The summed E-state index contributed by atoms with van der Waals surface area (Å²) < 4.78 is 0. The summed E-state index contributed by atoms with van der Waals surface area (Å²) in [6.45, 7) is 3.60. The predicted octanol–water partition coefficient (Wildman–Crippen LogP) is 2.02. The highest BCUT2D eigenvalue weighted by molar-refractivity contribution is 7.99. The van der Waals surface area contributed by atoms with Crippen LogP contribution in [-0.2, 0) is 4.79 Å². The number of carbonyl (C=O) groups excluding carboxylic acids is 1. The van der Waals surface area contributed by atoms with Crippen LogP contribution in [0.25, 0.3) is 0 Å². The van der Waals surface area contributed by atoms with E-state index in [-0.39, 0.29) is 5.91 Å². The maximum Gasteiger partial charge on any atom is 0.244 e. The van der Waals surface area contributed by atoms with Crippen molar-refractivity contribution < 1.29 is 4.79 Å². The number of aromatic amines is 1. The molecule has 1 unspecified atom stereocenters. The van der Waals surface area contributed by atoms with Gasteiger partial charge in [0.15, 0.2) is 5.16 Å². The lowest BCUT2D eigenvalue weighted by Gasteiger charge is -2.21. The zero-order valence-corrected chi connectivity index (χ0v) is 12.2. The molecule has 7 heteroatoms. The number of nitrogens with two attached hydrogens (primary N) is 1. The first-order valence-electron chi connectivity index (χ1n) is 6.25. The Balaban J connectivity index is 2.00. The van der Waals surface area contributed by atoms with Crippen molar-refractivity contribution in [3.8, 4) is 0 Å². The summed E-state index contributed by atoms with van der Waals surface area (Å²) in [4.78, 5) is 17.0. The summed E-state index contributed by atoms with van der Waals surface area (Å²) in [7, 11) is 0. The maximum absolute atomic E-state index is 11.9. The number of aromatic nitrogens is 3. The molecule has 4 N–H and O–H groups in total. The number of anilines is 1. The van der Waals surface area contributed by atoms with Crippen LogP contribution in [0.15, 0.2) is 40.6 Å². The van der Waals surface area contributed by atoms with E-state index >= 15 is 0 Å². The average Bonchev–Trinajstić information content (AvgIpc) is 2.94. The summed E-state index contributed by atoms with van der Waals surface area (Å²) in [5.74, 6) is -0.185. The first kappa shape index (κ1) is 14.5. The molecule has 6 nitrogen and oxygen atoms in total. The number of H-pyrrole nitrogens is 1. The standard InChI is InChI=1S/C13H17N5OS/c1-3-13(2,14)11(19)17-9-4-6-10(7-5-9)20-12-15-8-16-18-12/h4-8H,3,14H2,1-2H3,(H,17,19)(H,15,16,18). The molecule has 0 saturated carbocycles. The summed E-state index contributed by atoms with van der Waals surface area (Å²) in [6, 6.07) is 7.48. The Hall–Kier alpha value is -1.86. The van der Waals surface area contributed by atoms with Crippen LogP contribution in [-0.4, -0.2) is 26.6 Å². The van der Waals surface area contributed by atoms with Gasteiger partial charge in [-0.2, -0.15) is 5.10 Å². The molecule has 0 bridgehead atoms. The van der Waals surface area contributed by atoms with E-state index in [1.807, 2.05) is 31.2 Å². The Bertz CT molecular complexity index is 565. The third kappa shape index (κ3) is 3.58. The van der Waals surface area contributed by atoms with Gasteiger partial charge in [-0.05, 0) is 37.6 Å². The summed E-state index contributed by atoms with van der Waals surface area (Å²) in [5.41, 5.74) is 5.76. The molecule has 0 saturated heterocycles. The molecule has 0 fully saturated rings. The number of nitrogens with zero attached hydrogens (tertiary/aromatic N) is 2. The van der Waals surface area contributed by atoms with Crippen LogP contribution in [0.4, 0.5) is 5.69 Å². The van der Waals surface area contributed by atoms with Gasteiger partial charge in [-0.25, -0.2) is 4.98 Å². The fraction of sp³-hybridized carbons (Fsp3) is 0.308. The molecular formula is C13H17N5OS. The van der Waals surface area contributed by atoms with Crippen molar-refractivity contribution in [3.05, 3.63) is 30.6 Å². The molecule has 1 aromatic carbocycles. The van der Waals surface area contributed by atoms with Crippen LogP contribution in [0.1, 0.15) is 20.3 Å². The number of rotatable bonds is 5. The summed E-state index contributed by atoms with van der Waals surface area (Å²) in [6.07, 6.45) is 2.04. The minimum atomic E-state index is -0.854. The molecule has 0 radical (unpaired) electrons. The second-order valence-corrected chi connectivity index (χ2v) is 5.70. The van der Waals surface area contributed by atoms with Gasteiger partial charge in [-0.1, -0.05) is 18.7 Å². The van der Waals surface area contributed by atoms with Crippen LogP contribution in [0.3, 0.4) is 0 Å². The Morgan fingerprint density at radius 3 is 2.70 bits per heavy atom. The molecule has 0 aliphatic heterocycles. The summed E-state index contributed by atoms with van der Waals surface area (Å²) in [5, 5.41) is 10.1. The van der Waals surface area contributed by atoms with Crippen LogP contribution in [0, 0.1) is 0 Å². The lowest BCUT2D eigenvalue weighted by atomic mass is 9.99. The molecular weight excluding hydrogens is 274 g/mol. The number of nitrogens with one attached hydrogen (secondary N) is 2. The Labute approximate surface area is 121 Å². The summed E-state index contributed by atoms with van der Waals surface area (Å²) >= 11 is 1.47. The fourth-order valence-electron chi connectivity index (χ4n) is 1.40. The first-order valence-corrected chi connectivity index (χ1v) is 7.06. The van der Waals surface area contributed by atoms with E-state index in [1.54, 1.807) is 6.92 Å². The number of carbonyl (C=O) groups is 1. The van der Waals surface area contributed by atoms with E-state index in [0.717, 1.165) is 15.7 Å². The van der Waals surface area contributed by atoms with Crippen LogP contribution in [0.2, 0.25) is 0 Å². The van der Waals surface area contributed by atoms with Gasteiger partial charge >= 0.3 is 0 Å². The van der Waals surface area contributed by atoms with E-state index < -0.39 is 5.54 Å². The zero-order valence-electron chi connectivity index (χ0n) is 11.4. The first-order chi connectivity index (χ1) is 9.51. The van der Waals surface area contributed by atoms with Gasteiger partial charge < -0.3 is 11.1 Å². The van der Waals surface area contributed by atoms with E-state index in [4.69, 9.17) is 5.73 Å². The fourth-order valence-corrected chi connectivity index (χ4v) is 2.09. The maximum atomic E-state index is 11.9. The predicted molar refractivity (Wildman–Crippen MR) is 78.5 cm³/mol. The number of hydrogen-bond acceptors (Lipinski definition) is 5. The SMILES string of the molecule is CCC(C)(N)C(=O)Nc1ccc(Sc2ncn[nH]2)cc1. The van der Waals surface area contributed by atoms with Gasteiger partial charge in [0.2, 0.25) is 5.91 Å². The largest absolute Gasteiger partial charge is 0.325 e. The van der Waals surface area contributed by atoms with E-state index in [2.05, 4.69) is 20.5 Å². The lowest BCUT2D eigenvalue weighted by molar-refractivity contribution is -0.120. The molecule has 1 amide bonds. The molecule has 2 rings (SSSR count). The van der Waals surface area contributed by atoms with Gasteiger partial charge in [0.1, 0.15) is 6.33 Å². The topological polar surface area (TPSA) is 96.7 Å². The highest BCUT2D eigenvalue weighted by Gasteiger charge is 2.25. The van der Waals surface area contributed by atoms with Crippen LogP contribution in [0.5, 0.6) is 0 Å². The van der Waals surface area contributed by atoms with Crippen molar-refractivity contribution in [2.24, 2.45) is 5.73 Å². The van der Waals surface area contributed by atoms with Gasteiger partial charge in [-0.15, -0.1) is 0 Å². The molecule has 20 heavy (non-hydrogen) atoms. The molecule has 0 spiro atoms.